The van der Waals surface area contributed by atoms with Gasteiger partial charge in [-0.25, -0.2) is 0 Å². The number of hydroxylamine groups is 2. The monoisotopic (exact) mass is 357 g/mol. The highest BCUT2D eigenvalue weighted by Crippen LogP contribution is 2.16. The van der Waals surface area contributed by atoms with E-state index in [1.165, 1.54) is 5.06 Å². The summed E-state index contributed by atoms with van der Waals surface area (Å²) in [6.07, 6.45) is 4.38. The Balaban J connectivity index is 1.77. The molecule has 0 amide bonds. The summed E-state index contributed by atoms with van der Waals surface area (Å²) in [6.45, 7) is 6.75. The Kier molecular flexibility index (Phi) is 9.01. The maximum atomic E-state index is 10.2. The Morgan fingerprint density at radius 2 is 1.08 bits per heavy atom. The molecule has 0 saturated heterocycles. The predicted molar refractivity (Wildman–Crippen MR) is 105 cm³/mol. The number of rotatable bonds is 12. The first-order chi connectivity index (χ1) is 12.7. The number of hydrogen-bond donors (Lipinski definition) is 1. The zero-order valence-electron chi connectivity index (χ0n) is 16.0. The molecule has 142 valence electrons. The molecule has 2 rings (SSSR count). The minimum absolute atomic E-state index is 0.476. The smallest absolute Gasteiger partial charge is 0.119 e. The van der Waals surface area contributed by atoms with E-state index in [9.17, 15) is 5.21 Å². The van der Waals surface area contributed by atoms with Gasteiger partial charge in [0.2, 0.25) is 0 Å². The minimum atomic E-state index is 0.476. The van der Waals surface area contributed by atoms with Crippen LogP contribution in [0, 0.1) is 0 Å². The third-order valence-corrected chi connectivity index (χ3v) is 4.11. The van der Waals surface area contributed by atoms with Crippen molar-refractivity contribution >= 4 is 0 Å². The van der Waals surface area contributed by atoms with Crippen LogP contribution in [-0.2, 0) is 13.1 Å². The zero-order valence-corrected chi connectivity index (χ0v) is 16.0. The second kappa shape index (κ2) is 11.6. The lowest BCUT2D eigenvalue weighted by molar-refractivity contribution is -0.108. The van der Waals surface area contributed by atoms with Crippen molar-refractivity contribution in [3.63, 3.8) is 0 Å². The van der Waals surface area contributed by atoms with Crippen molar-refractivity contribution in [3.05, 3.63) is 59.7 Å². The molecule has 0 unspecified atom stereocenters. The van der Waals surface area contributed by atoms with Crippen LogP contribution in [0.3, 0.4) is 0 Å². The van der Waals surface area contributed by atoms with E-state index in [-0.39, 0.29) is 0 Å². The van der Waals surface area contributed by atoms with Gasteiger partial charge in [-0.15, -0.1) is 0 Å². The molecule has 0 heterocycles. The second-order valence-corrected chi connectivity index (χ2v) is 6.51. The Labute approximate surface area is 157 Å². The number of nitrogens with zero attached hydrogens (tertiary/aromatic N) is 1. The molecular formula is C22H31NO3. The van der Waals surface area contributed by atoms with Gasteiger partial charge >= 0.3 is 0 Å². The summed E-state index contributed by atoms with van der Waals surface area (Å²) < 4.78 is 11.3. The normalized spacial score (nSPS) is 10.9. The van der Waals surface area contributed by atoms with E-state index in [1.807, 2.05) is 48.5 Å². The molecule has 0 aliphatic rings. The lowest BCUT2D eigenvalue weighted by Gasteiger charge is -2.16. The zero-order chi connectivity index (χ0) is 18.6. The molecule has 0 aliphatic carbocycles. The second-order valence-electron chi connectivity index (χ2n) is 6.51. The summed E-state index contributed by atoms with van der Waals surface area (Å²) in [4.78, 5) is 0. The summed E-state index contributed by atoms with van der Waals surface area (Å²) in [5.74, 6) is 1.76. The highest BCUT2D eigenvalue weighted by molar-refractivity contribution is 5.28. The first-order valence-electron chi connectivity index (χ1n) is 9.58. The van der Waals surface area contributed by atoms with Crippen molar-refractivity contribution < 1.29 is 14.7 Å². The van der Waals surface area contributed by atoms with Crippen molar-refractivity contribution in [2.75, 3.05) is 13.2 Å². The molecule has 2 aromatic rings. The van der Waals surface area contributed by atoms with E-state index in [0.717, 1.165) is 61.5 Å². The largest absolute Gasteiger partial charge is 0.494 e. The van der Waals surface area contributed by atoms with Crippen LogP contribution in [0.5, 0.6) is 11.5 Å². The van der Waals surface area contributed by atoms with Crippen molar-refractivity contribution in [2.24, 2.45) is 0 Å². The van der Waals surface area contributed by atoms with Crippen LogP contribution in [0.15, 0.2) is 48.5 Å². The standard InChI is InChI=1S/C22H31NO3/c1-3-5-15-25-21-11-7-19(8-12-21)17-23(24)18-20-9-13-22(14-10-20)26-16-6-4-2/h7-14,24H,3-6,15-18H2,1-2H3. The molecule has 0 radical (unpaired) electrons. The molecule has 0 saturated carbocycles. The Morgan fingerprint density at radius 3 is 1.42 bits per heavy atom. The number of benzene rings is 2. The SMILES string of the molecule is CCCCOc1ccc(CN(O)Cc2ccc(OCCCC)cc2)cc1. The van der Waals surface area contributed by atoms with Crippen molar-refractivity contribution in [1.82, 2.24) is 5.06 Å². The molecular weight excluding hydrogens is 326 g/mol. The van der Waals surface area contributed by atoms with Gasteiger partial charge in [0.1, 0.15) is 11.5 Å². The first kappa shape index (κ1) is 20.3. The first-order valence-corrected chi connectivity index (χ1v) is 9.58. The van der Waals surface area contributed by atoms with Crippen LogP contribution >= 0.6 is 0 Å². The molecule has 2 aromatic carbocycles. The third-order valence-electron chi connectivity index (χ3n) is 4.11. The summed E-state index contributed by atoms with van der Waals surface area (Å²) >= 11 is 0. The molecule has 4 heteroatoms. The fraction of sp³-hybridized carbons (Fsp3) is 0.455. The van der Waals surface area contributed by atoms with Gasteiger partial charge in [-0.2, -0.15) is 5.06 Å². The van der Waals surface area contributed by atoms with Crippen molar-refractivity contribution in [1.29, 1.82) is 0 Å². The Morgan fingerprint density at radius 1 is 0.692 bits per heavy atom. The van der Waals surface area contributed by atoms with Gasteiger partial charge in [-0.05, 0) is 48.2 Å². The fourth-order valence-corrected chi connectivity index (χ4v) is 2.53. The molecule has 0 aliphatic heterocycles. The Bertz CT molecular complexity index is 555. The molecule has 4 nitrogen and oxygen atoms in total. The average molecular weight is 357 g/mol. The topological polar surface area (TPSA) is 41.9 Å². The average Bonchev–Trinajstić information content (AvgIpc) is 2.65. The number of hydrogen-bond acceptors (Lipinski definition) is 4. The molecule has 1 N–H and O–H groups in total. The van der Waals surface area contributed by atoms with E-state index in [2.05, 4.69) is 13.8 Å². The molecule has 0 bridgehead atoms. The summed E-state index contributed by atoms with van der Waals surface area (Å²) in [7, 11) is 0. The molecule has 0 spiro atoms. The third kappa shape index (κ3) is 7.46. The van der Waals surface area contributed by atoms with Crippen LogP contribution in [-0.4, -0.2) is 23.5 Å². The van der Waals surface area contributed by atoms with E-state index in [1.54, 1.807) is 0 Å². The number of unbranched alkanes of at least 4 members (excludes halogenated alkanes) is 2. The molecule has 0 aromatic heterocycles. The lowest BCUT2D eigenvalue weighted by atomic mass is 10.2. The van der Waals surface area contributed by atoms with Crippen LogP contribution in [0.1, 0.15) is 50.7 Å². The Hall–Kier alpha value is -2.04. The van der Waals surface area contributed by atoms with Crippen molar-refractivity contribution in [3.8, 4) is 11.5 Å². The maximum absolute atomic E-state index is 10.2. The quantitative estimate of drug-likeness (QED) is 0.406. The van der Waals surface area contributed by atoms with Gasteiger partial charge in [0.15, 0.2) is 0 Å². The maximum Gasteiger partial charge on any atom is 0.119 e. The van der Waals surface area contributed by atoms with Gasteiger partial charge in [-0.1, -0.05) is 51.0 Å². The van der Waals surface area contributed by atoms with Crippen LogP contribution < -0.4 is 9.47 Å². The summed E-state index contributed by atoms with van der Waals surface area (Å²) in [6, 6.07) is 15.8. The summed E-state index contributed by atoms with van der Waals surface area (Å²) in [5.41, 5.74) is 2.10. The highest BCUT2D eigenvalue weighted by Gasteiger charge is 2.05. The lowest BCUT2D eigenvalue weighted by Crippen LogP contribution is -2.18. The molecule has 0 atom stereocenters. The van der Waals surface area contributed by atoms with Crippen LogP contribution in [0.4, 0.5) is 0 Å². The fourth-order valence-electron chi connectivity index (χ4n) is 2.53. The van der Waals surface area contributed by atoms with Gasteiger partial charge in [0, 0.05) is 13.1 Å². The predicted octanol–water partition coefficient (Wildman–Crippen LogP) is 5.44. The van der Waals surface area contributed by atoms with Crippen LogP contribution in [0.2, 0.25) is 0 Å². The van der Waals surface area contributed by atoms with E-state index < -0.39 is 0 Å². The van der Waals surface area contributed by atoms with E-state index in [4.69, 9.17) is 9.47 Å². The van der Waals surface area contributed by atoms with Gasteiger partial charge < -0.3 is 14.7 Å². The van der Waals surface area contributed by atoms with E-state index >= 15 is 0 Å². The molecule has 0 fully saturated rings. The van der Waals surface area contributed by atoms with Crippen LogP contribution in [0.25, 0.3) is 0 Å². The summed E-state index contributed by atoms with van der Waals surface area (Å²) in [5, 5.41) is 11.5. The van der Waals surface area contributed by atoms with Gasteiger partial charge in [0.05, 0.1) is 13.2 Å². The highest BCUT2D eigenvalue weighted by atomic mass is 16.5. The van der Waals surface area contributed by atoms with Gasteiger partial charge in [0.25, 0.3) is 0 Å². The number of ether oxygens (including phenoxy) is 2. The minimum Gasteiger partial charge on any atom is -0.494 e. The van der Waals surface area contributed by atoms with E-state index in [0.29, 0.717) is 13.1 Å². The van der Waals surface area contributed by atoms with Gasteiger partial charge in [-0.3, -0.25) is 0 Å². The van der Waals surface area contributed by atoms with Crippen molar-refractivity contribution in [2.45, 2.75) is 52.6 Å². The molecule has 26 heavy (non-hydrogen) atoms.